The molecule has 8 nitrogen and oxygen atoms in total. The maximum absolute atomic E-state index is 12.1. The van der Waals surface area contributed by atoms with Gasteiger partial charge in [0.15, 0.2) is 0 Å². The van der Waals surface area contributed by atoms with Crippen LogP contribution in [-0.2, 0) is 20.8 Å². The van der Waals surface area contributed by atoms with Crippen molar-refractivity contribution in [3.8, 4) is 17.2 Å². The van der Waals surface area contributed by atoms with Gasteiger partial charge in [0.1, 0.15) is 23.0 Å². The van der Waals surface area contributed by atoms with Crippen LogP contribution in [0.3, 0.4) is 0 Å². The molecule has 220 valence electrons. The standard InChI is InChI=1S/C30H40I2N2O6/c1-5-8-23(35)14-21(4)30(38)34-11-6-9-33-10-7-12-39-28-20(3)15-24(18-26(28)32)40-29-19(2)13-22(16-25(29)31)17-27(36)37/h13,15-16,18,21,33H,5-12,14,17H2,1-4H3,(H,34,38)(H,36,37). The highest BCUT2D eigenvalue weighted by Crippen LogP contribution is 2.36. The number of benzene rings is 2. The number of ether oxygens (including phenoxy) is 2. The van der Waals surface area contributed by atoms with Crippen LogP contribution < -0.4 is 20.1 Å². The number of ketones is 1. The smallest absolute Gasteiger partial charge is 0.307 e. The summed E-state index contributed by atoms with van der Waals surface area (Å²) in [5, 5.41) is 15.4. The molecule has 0 aliphatic heterocycles. The van der Waals surface area contributed by atoms with Crippen molar-refractivity contribution in [1.29, 1.82) is 0 Å². The van der Waals surface area contributed by atoms with Gasteiger partial charge in [0.05, 0.1) is 20.2 Å². The maximum Gasteiger partial charge on any atom is 0.307 e. The van der Waals surface area contributed by atoms with E-state index in [1.54, 1.807) is 6.92 Å². The molecule has 1 amide bonds. The number of carbonyl (C=O) groups excluding carboxylic acids is 2. The molecule has 2 rings (SSSR count). The van der Waals surface area contributed by atoms with Crippen molar-refractivity contribution in [1.82, 2.24) is 10.6 Å². The second kappa shape index (κ2) is 17.8. The number of nitrogens with one attached hydrogen (secondary N) is 2. The first-order valence-electron chi connectivity index (χ1n) is 13.6. The van der Waals surface area contributed by atoms with Gasteiger partial charge in [-0.15, -0.1) is 0 Å². The van der Waals surface area contributed by atoms with Crippen LogP contribution in [0, 0.1) is 26.9 Å². The quantitative estimate of drug-likeness (QED) is 0.122. The van der Waals surface area contributed by atoms with Crippen LogP contribution in [0.5, 0.6) is 17.2 Å². The lowest BCUT2D eigenvalue weighted by molar-refractivity contribution is -0.136. The third-order valence-electron chi connectivity index (χ3n) is 6.15. The molecule has 0 spiro atoms. The van der Waals surface area contributed by atoms with Gasteiger partial charge in [-0.05, 0) is 126 Å². The number of hydrogen-bond donors (Lipinski definition) is 3. The average Bonchev–Trinajstić information content (AvgIpc) is 2.86. The van der Waals surface area contributed by atoms with E-state index in [0.29, 0.717) is 31.7 Å². The number of rotatable bonds is 18. The fourth-order valence-corrected chi connectivity index (χ4v) is 6.00. The number of carbonyl (C=O) groups is 3. The summed E-state index contributed by atoms with van der Waals surface area (Å²) in [6.07, 6.45) is 3.32. The molecular formula is C30H40I2N2O6. The van der Waals surface area contributed by atoms with Crippen LogP contribution in [-0.4, -0.2) is 49.0 Å². The molecule has 3 N–H and O–H groups in total. The minimum atomic E-state index is -0.857. The van der Waals surface area contributed by atoms with E-state index in [1.165, 1.54) is 0 Å². The van der Waals surface area contributed by atoms with E-state index in [2.05, 4.69) is 55.8 Å². The Morgan fingerprint density at radius 3 is 2.27 bits per heavy atom. The Hall–Kier alpha value is -1.93. The van der Waals surface area contributed by atoms with Gasteiger partial charge >= 0.3 is 5.97 Å². The molecule has 0 aliphatic carbocycles. The normalized spacial score (nSPS) is 11.7. The van der Waals surface area contributed by atoms with Gasteiger partial charge in [0.2, 0.25) is 5.91 Å². The van der Waals surface area contributed by atoms with Gasteiger partial charge in [-0.2, -0.15) is 0 Å². The van der Waals surface area contributed by atoms with Crippen molar-refractivity contribution in [2.75, 3.05) is 26.2 Å². The van der Waals surface area contributed by atoms with Crippen LogP contribution >= 0.6 is 45.2 Å². The fourth-order valence-electron chi connectivity index (χ4n) is 4.18. The van der Waals surface area contributed by atoms with E-state index in [4.69, 9.17) is 14.6 Å². The highest BCUT2D eigenvalue weighted by atomic mass is 127. The Bertz CT molecular complexity index is 1120. The molecule has 1 atom stereocenters. The number of aliphatic carboxylic acids is 1. The molecule has 0 saturated heterocycles. The number of amides is 1. The van der Waals surface area contributed by atoms with Crippen molar-refractivity contribution < 1.29 is 29.0 Å². The summed E-state index contributed by atoms with van der Waals surface area (Å²) in [5.74, 6) is 1.22. The Labute approximate surface area is 264 Å². The van der Waals surface area contributed by atoms with E-state index in [0.717, 1.165) is 67.7 Å². The van der Waals surface area contributed by atoms with Gasteiger partial charge in [0, 0.05) is 25.3 Å². The maximum atomic E-state index is 12.1. The monoisotopic (exact) mass is 778 g/mol. The number of halogens is 2. The van der Waals surface area contributed by atoms with Crippen LogP contribution in [0.15, 0.2) is 24.3 Å². The molecule has 0 radical (unpaired) electrons. The minimum Gasteiger partial charge on any atom is -0.492 e. The summed E-state index contributed by atoms with van der Waals surface area (Å²) in [4.78, 5) is 34.9. The van der Waals surface area contributed by atoms with Gasteiger partial charge in [-0.3, -0.25) is 14.4 Å². The molecule has 0 saturated carbocycles. The van der Waals surface area contributed by atoms with Crippen LogP contribution in [0.25, 0.3) is 0 Å². The third kappa shape index (κ3) is 11.9. The SMILES string of the molecule is CCCC(=O)CC(C)C(=O)NCCCNCCCOc1c(C)cc(Oc2c(C)cc(CC(=O)O)cc2I)cc1I. The number of Topliss-reactive ketones (excluding diaryl/α,β-unsaturated/α-hetero) is 1. The summed E-state index contributed by atoms with van der Waals surface area (Å²) in [7, 11) is 0. The minimum absolute atomic E-state index is 0.0173. The predicted molar refractivity (Wildman–Crippen MR) is 174 cm³/mol. The zero-order chi connectivity index (χ0) is 29.7. The molecule has 0 bridgehead atoms. The van der Waals surface area contributed by atoms with E-state index in [1.807, 2.05) is 45.0 Å². The van der Waals surface area contributed by atoms with Crippen LogP contribution in [0.1, 0.15) is 62.6 Å². The molecule has 2 aromatic rings. The highest BCUT2D eigenvalue weighted by Gasteiger charge is 2.16. The fraction of sp³-hybridized carbons (Fsp3) is 0.500. The molecule has 0 aliphatic rings. The molecule has 10 heteroatoms. The number of carboxylic acids is 1. The first-order chi connectivity index (χ1) is 19.0. The third-order valence-corrected chi connectivity index (χ3v) is 7.75. The number of aryl methyl sites for hydroxylation is 2. The Morgan fingerprint density at radius 2 is 1.62 bits per heavy atom. The van der Waals surface area contributed by atoms with Crippen LogP contribution in [0.2, 0.25) is 0 Å². The summed E-state index contributed by atoms with van der Waals surface area (Å²) in [5.41, 5.74) is 2.62. The second-order valence-corrected chi connectivity index (χ2v) is 12.3. The first kappa shape index (κ1) is 34.3. The lowest BCUT2D eigenvalue weighted by atomic mass is 10.0. The Kier molecular flexibility index (Phi) is 15.2. The highest BCUT2D eigenvalue weighted by molar-refractivity contribution is 14.1. The summed E-state index contributed by atoms with van der Waals surface area (Å²) in [6, 6.07) is 7.59. The summed E-state index contributed by atoms with van der Waals surface area (Å²) in [6.45, 7) is 10.4. The largest absolute Gasteiger partial charge is 0.492 e. The summed E-state index contributed by atoms with van der Waals surface area (Å²) >= 11 is 4.43. The van der Waals surface area contributed by atoms with E-state index < -0.39 is 5.97 Å². The molecule has 40 heavy (non-hydrogen) atoms. The summed E-state index contributed by atoms with van der Waals surface area (Å²) < 4.78 is 14.1. The van der Waals surface area contributed by atoms with Crippen molar-refractivity contribution in [2.45, 2.75) is 66.2 Å². The Morgan fingerprint density at radius 1 is 0.950 bits per heavy atom. The van der Waals surface area contributed by atoms with Gasteiger partial charge in [0.25, 0.3) is 0 Å². The lowest BCUT2D eigenvalue weighted by Crippen LogP contribution is -2.32. The zero-order valence-electron chi connectivity index (χ0n) is 23.7. The zero-order valence-corrected chi connectivity index (χ0v) is 28.0. The van der Waals surface area contributed by atoms with Gasteiger partial charge in [-0.1, -0.05) is 19.9 Å². The number of carboxylic acid groups (broad SMARTS) is 1. The average molecular weight is 778 g/mol. The topological polar surface area (TPSA) is 114 Å². The molecule has 1 unspecified atom stereocenters. The molecule has 0 aromatic heterocycles. The van der Waals surface area contributed by atoms with E-state index in [-0.39, 0.29) is 24.0 Å². The van der Waals surface area contributed by atoms with Gasteiger partial charge in [-0.25, -0.2) is 0 Å². The predicted octanol–water partition coefficient (Wildman–Crippen LogP) is 6.19. The van der Waals surface area contributed by atoms with Crippen molar-refractivity contribution >= 4 is 62.8 Å². The lowest BCUT2D eigenvalue weighted by Gasteiger charge is -2.16. The van der Waals surface area contributed by atoms with Gasteiger partial charge < -0.3 is 25.2 Å². The Balaban J connectivity index is 1.72. The second-order valence-electron chi connectivity index (χ2n) is 9.94. The molecule has 2 aromatic carbocycles. The molecular weight excluding hydrogens is 738 g/mol. The van der Waals surface area contributed by atoms with Crippen molar-refractivity contribution in [3.63, 3.8) is 0 Å². The van der Waals surface area contributed by atoms with E-state index in [9.17, 15) is 14.4 Å². The van der Waals surface area contributed by atoms with Crippen molar-refractivity contribution in [2.24, 2.45) is 5.92 Å². The first-order valence-corrected chi connectivity index (χ1v) is 15.8. The number of hydrogen-bond acceptors (Lipinski definition) is 6. The van der Waals surface area contributed by atoms with E-state index >= 15 is 0 Å². The van der Waals surface area contributed by atoms with Crippen molar-refractivity contribution in [3.05, 3.63) is 48.1 Å². The molecule has 0 heterocycles. The molecule has 0 fully saturated rings. The van der Waals surface area contributed by atoms with Crippen LogP contribution in [0.4, 0.5) is 0 Å².